The van der Waals surface area contributed by atoms with Crippen LogP contribution in [0.2, 0.25) is 0 Å². The fraction of sp³-hybridized carbons (Fsp3) is 0.654. The molecular formula is C26H37N3O4. The van der Waals surface area contributed by atoms with Crippen LogP contribution in [0, 0.1) is 23.2 Å². The molecule has 5 rings (SSSR count). The van der Waals surface area contributed by atoms with Gasteiger partial charge in [0.05, 0.1) is 0 Å². The highest BCUT2D eigenvalue weighted by molar-refractivity contribution is 5.94. The van der Waals surface area contributed by atoms with Crippen LogP contribution < -0.4 is 16.0 Å². The van der Waals surface area contributed by atoms with Gasteiger partial charge in [-0.15, -0.1) is 0 Å². The minimum atomic E-state index is -0.576. The van der Waals surface area contributed by atoms with Gasteiger partial charge in [0.2, 0.25) is 11.8 Å². The average molecular weight is 456 g/mol. The minimum Gasteiger partial charge on any atom is -0.444 e. The molecule has 0 heterocycles. The maximum atomic E-state index is 12.9. The standard InChI is InChI=1S/C26H37N3O4/c1-25(2,3)33-24(32)27-8-7-22(30)28-20-5-4-6-21(12-20)29-23(31)16-26-13-17-9-18(14-26)11-19(10-17)15-26/h4-6,12,17-19H,7-11,13-16H2,1-3H3,(H,27,32)(H,28,30)(H,29,31). The summed E-state index contributed by atoms with van der Waals surface area (Å²) in [4.78, 5) is 36.8. The molecule has 3 amide bonds. The van der Waals surface area contributed by atoms with Crippen molar-refractivity contribution in [2.75, 3.05) is 17.2 Å². The van der Waals surface area contributed by atoms with Crippen molar-refractivity contribution in [1.29, 1.82) is 0 Å². The molecule has 4 fully saturated rings. The Hall–Kier alpha value is -2.57. The summed E-state index contributed by atoms with van der Waals surface area (Å²) < 4.78 is 5.16. The van der Waals surface area contributed by atoms with Crippen LogP contribution in [0.5, 0.6) is 0 Å². The molecule has 180 valence electrons. The lowest BCUT2D eigenvalue weighted by Crippen LogP contribution is -2.47. The van der Waals surface area contributed by atoms with Gasteiger partial charge in [-0.1, -0.05) is 6.07 Å². The number of carbonyl (C=O) groups excluding carboxylic acids is 3. The first-order chi connectivity index (χ1) is 15.6. The zero-order chi connectivity index (χ0) is 23.6. The van der Waals surface area contributed by atoms with Crippen LogP contribution in [-0.2, 0) is 14.3 Å². The molecule has 3 N–H and O–H groups in total. The topological polar surface area (TPSA) is 96.5 Å². The summed E-state index contributed by atoms with van der Waals surface area (Å²) in [5.74, 6) is 2.33. The zero-order valence-electron chi connectivity index (χ0n) is 20.0. The van der Waals surface area contributed by atoms with E-state index in [9.17, 15) is 14.4 Å². The van der Waals surface area contributed by atoms with E-state index in [1.807, 2.05) is 12.1 Å². The first-order valence-electron chi connectivity index (χ1n) is 12.2. The molecule has 1 aromatic rings. The molecule has 33 heavy (non-hydrogen) atoms. The van der Waals surface area contributed by atoms with Crippen molar-refractivity contribution in [3.63, 3.8) is 0 Å². The first kappa shape index (κ1) is 23.6. The number of amides is 3. The van der Waals surface area contributed by atoms with Gasteiger partial charge in [-0.3, -0.25) is 9.59 Å². The normalized spacial score (nSPS) is 27.7. The van der Waals surface area contributed by atoms with Crippen molar-refractivity contribution in [3.8, 4) is 0 Å². The van der Waals surface area contributed by atoms with Crippen molar-refractivity contribution in [3.05, 3.63) is 24.3 Å². The fourth-order valence-electron chi connectivity index (χ4n) is 6.54. The number of anilines is 2. The summed E-state index contributed by atoms with van der Waals surface area (Å²) in [6, 6.07) is 7.22. The predicted octanol–water partition coefficient (Wildman–Crippen LogP) is 5.08. The molecule has 0 aromatic heterocycles. The Morgan fingerprint density at radius 2 is 1.48 bits per heavy atom. The summed E-state index contributed by atoms with van der Waals surface area (Å²) in [6.45, 7) is 5.54. The smallest absolute Gasteiger partial charge is 0.407 e. The number of hydrogen-bond acceptors (Lipinski definition) is 4. The van der Waals surface area contributed by atoms with E-state index in [0.29, 0.717) is 17.8 Å². The Labute approximate surface area is 196 Å². The zero-order valence-corrected chi connectivity index (χ0v) is 20.0. The van der Waals surface area contributed by atoms with E-state index in [1.54, 1.807) is 32.9 Å². The SMILES string of the molecule is CC(C)(C)OC(=O)NCCC(=O)Nc1cccc(NC(=O)CC23CC4CC(CC(C4)C2)C3)c1. The fourth-order valence-corrected chi connectivity index (χ4v) is 6.54. The summed E-state index contributed by atoms with van der Waals surface area (Å²) >= 11 is 0. The maximum Gasteiger partial charge on any atom is 0.407 e. The van der Waals surface area contributed by atoms with Crippen LogP contribution in [0.4, 0.5) is 16.2 Å². The van der Waals surface area contributed by atoms with Gasteiger partial charge in [0, 0.05) is 30.8 Å². The minimum absolute atomic E-state index is 0.0713. The van der Waals surface area contributed by atoms with Crippen LogP contribution in [0.3, 0.4) is 0 Å². The van der Waals surface area contributed by atoms with Crippen molar-refractivity contribution < 1.29 is 19.1 Å². The van der Waals surface area contributed by atoms with Gasteiger partial charge in [-0.25, -0.2) is 4.79 Å². The average Bonchev–Trinajstić information content (AvgIpc) is 2.65. The van der Waals surface area contributed by atoms with Crippen LogP contribution in [0.15, 0.2) is 24.3 Å². The van der Waals surface area contributed by atoms with Crippen LogP contribution >= 0.6 is 0 Å². The van der Waals surface area contributed by atoms with Crippen LogP contribution in [0.1, 0.15) is 72.1 Å². The van der Waals surface area contributed by atoms with E-state index < -0.39 is 11.7 Å². The quantitative estimate of drug-likeness (QED) is 0.534. The van der Waals surface area contributed by atoms with E-state index in [1.165, 1.54) is 38.5 Å². The molecule has 7 nitrogen and oxygen atoms in total. The van der Waals surface area contributed by atoms with Crippen molar-refractivity contribution >= 4 is 29.3 Å². The molecule has 0 unspecified atom stereocenters. The Balaban J connectivity index is 1.24. The number of nitrogens with one attached hydrogen (secondary N) is 3. The highest BCUT2D eigenvalue weighted by Crippen LogP contribution is 2.61. The van der Waals surface area contributed by atoms with Gasteiger partial charge in [0.15, 0.2) is 0 Å². The first-order valence-corrected chi connectivity index (χ1v) is 12.2. The predicted molar refractivity (Wildman–Crippen MR) is 128 cm³/mol. The summed E-state index contributed by atoms with van der Waals surface area (Å²) in [7, 11) is 0. The van der Waals surface area contributed by atoms with Crippen LogP contribution in [-0.4, -0.2) is 30.1 Å². The molecule has 7 heteroatoms. The van der Waals surface area contributed by atoms with Crippen LogP contribution in [0.25, 0.3) is 0 Å². The second-order valence-electron chi connectivity index (χ2n) is 11.5. The van der Waals surface area contributed by atoms with Gasteiger partial charge in [0.25, 0.3) is 0 Å². The molecule has 4 bridgehead atoms. The third-order valence-electron chi connectivity index (χ3n) is 7.15. The number of rotatable bonds is 7. The Kier molecular flexibility index (Phi) is 6.68. The Bertz CT molecular complexity index is 870. The Morgan fingerprint density at radius 1 is 0.939 bits per heavy atom. The summed E-state index contributed by atoms with van der Waals surface area (Å²) in [6.07, 6.45) is 7.92. The maximum absolute atomic E-state index is 12.9. The molecule has 0 spiro atoms. The van der Waals surface area contributed by atoms with Gasteiger partial charge in [-0.05, 0) is 101 Å². The molecule has 0 saturated heterocycles. The van der Waals surface area contributed by atoms with E-state index in [2.05, 4.69) is 16.0 Å². The molecule has 1 aromatic carbocycles. The number of hydrogen-bond donors (Lipinski definition) is 3. The number of benzene rings is 1. The molecule has 0 atom stereocenters. The number of alkyl carbamates (subject to hydrolysis) is 1. The molecule has 0 aliphatic heterocycles. The lowest BCUT2D eigenvalue weighted by atomic mass is 9.49. The highest BCUT2D eigenvalue weighted by Gasteiger charge is 2.51. The van der Waals surface area contributed by atoms with E-state index in [-0.39, 0.29) is 30.2 Å². The molecule has 4 aliphatic rings. The second-order valence-corrected chi connectivity index (χ2v) is 11.5. The Morgan fingerprint density at radius 3 is 2.03 bits per heavy atom. The highest BCUT2D eigenvalue weighted by atomic mass is 16.6. The van der Waals surface area contributed by atoms with Gasteiger partial charge in [-0.2, -0.15) is 0 Å². The third kappa shape index (κ3) is 6.49. The second kappa shape index (κ2) is 9.35. The van der Waals surface area contributed by atoms with E-state index in [4.69, 9.17) is 4.74 Å². The lowest BCUT2D eigenvalue weighted by Gasteiger charge is -2.56. The summed E-state index contributed by atoms with van der Waals surface area (Å²) in [5, 5.41) is 8.44. The molecular weight excluding hydrogens is 418 g/mol. The van der Waals surface area contributed by atoms with E-state index in [0.717, 1.165) is 17.8 Å². The molecule has 4 aliphatic carbocycles. The monoisotopic (exact) mass is 455 g/mol. The van der Waals surface area contributed by atoms with E-state index >= 15 is 0 Å². The third-order valence-corrected chi connectivity index (χ3v) is 7.15. The lowest BCUT2D eigenvalue weighted by molar-refractivity contribution is -0.124. The van der Waals surface area contributed by atoms with Gasteiger partial charge in [0.1, 0.15) is 5.60 Å². The van der Waals surface area contributed by atoms with Gasteiger partial charge >= 0.3 is 6.09 Å². The van der Waals surface area contributed by atoms with Gasteiger partial charge < -0.3 is 20.7 Å². The summed E-state index contributed by atoms with van der Waals surface area (Å²) in [5.41, 5.74) is 0.929. The van der Waals surface area contributed by atoms with Crippen molar-refractivity contribution in [1.82, 2.24) is 5.32 Å². The molecule has 4 saturated carbocycles. The molecule has 0 radical (unpaired) electrons. The number of carbonyl (C=O) groups is 3. The van der Waals surface area contributed by atoms with Crippen molar-refractivity contribution in [2.45, 2.75) is 77.7 Å². The number of ether oxygens (including phenoxy) is 1. The largest absolute Gasteiger partial charge is 0.444 e. The van der Waals surface area contributed by atoms with Crippen molar-refractivity contribution in [2.24, 2.45) is 23.2 Å².